The van der Waals surface area contributed by atoms with Crippen molar-refractivity contribution < 1.29 is 19.1 Å². The van der Waals surface area contributed by atoms with E-state index in [0.29, 0.717) is 5.82 Å². The van der Waals surface area contributed by atoms with Crippen LogP contribution in [0.15, 0.2) is 18.2 Å². The van der Waals surface area contributed by atoms with Crippen LogP contribution in [-0.2, 0) is 9.36 Å². The average molecular weight is 381 g/mol. The summed E-state index contributed by atoms with van der Waals surface area (Å²) in [5.74, 6) is -0.0625. The largest absolute Gasteiger partial charge is 0.345 e. The van der Waals surface area contributed by atoms with Gasteiger partial charge < -0.3 is 20.1 Å². The van der Waals surface area contributed by atoms with E-state index in [9.17, 15) is 19.1 Å². The van der Waals surface area contributed by atoms with E-state index >= 15 is 0 Å². The van der Waals surface area contributed by atoms with E-state index in [1.54, 1.807) is 0 Å². The first kappa shape index (κ1) is 20.6. The molecule has 0 saturated heterocycles. The second-order valence-corrected chi connectivity index (χ2v) is 9.41. The smallest absolute Gasteiger partial charge is 0.337 e. The molecule has 2 atom stereocenters. The van der Waals surface area contributed by atoms with Gasteiger partial charge in [-0.15, -0.1) is 0 Å². The number of carbonyl (C=O) groups is 1. The number of nitrogens with one attached hydrogen (secondary N) is 2. The summed E-state index contributed by atoms with van der Waals surface area (Å²) >= 11 is 0. The second-order valence-electron chi connectivity index (χ2n) is 7.61. The van der Waals surface area contributed by atoms with Gasteiger partial charge in [0.05, 0.1) is 17.1 Å². The van der Waals surface area contributed by atoms with E-state index < -0.39 is 25.2 Å². The summed E-state index contributed by atoms with van der Waals surface area (Å²) < 4.78 is 11.8. The van der Waals surface area contributed by atoms with E-state index in [2.05, 4.69) is 15.3 Å². The number of nitrogens with zero attached hydrogens (tertiary/aromatic N) is 1. The second kappa shape index (κ2) is 7.91. The molecule has 0 aliphatic heterocycles. The highest BCUT2D eigenvalue weighted by molar-refractivity contribution is 7.53. The Morgan fingerprint density at radius 2 is 1.92 bits per heavy atom. The Labute approximate surface area is 153 Å². The molecular formula is C18H28N3O4P. The number of aromatic nitrogens is 2. The van der Waals surface area contributed by atoms with Crippen LogP contribution in [0.2, 0.25) is 0 Å². The molecule has 1 heterocycles. The van der Waals surface area contributed by atoms with Gasteiger partial charge in [0.2, 0.25) is 5.91 Å². The Bertz CT molecular complexity index is 825. The zero-order valence-electron chi connectivity index (χ0n) is 15.9. The number of carbonyl (C=O) groups excluding carboxylic acids is 1. The fourth-order valence-electron chi connectivity index (χ4n) is 2.93. The van der Waals surface area contributed by atoms with E-state index in [1.165, 1.54) is 0 Å². The summed E-state index contributed by atoms with van der Waals surface area (Å²) in [4.78, 5) is 39.6. The van der Waals surface area contributed by atoms with E-state index in [-0.39, 0.29) is 18.3 Å². The predicted octanol–water partition coefficient (Wildman–Crippen LogP) is 3.28. The maximum absolute atomic E-state index is 12.6. The molecule has 1 amide bonds. The summed E-state index contributed by atoms with van der Waals surface area (Å²) in [6.07, 6.45) is 0.125. The Morgan fingerprint density at radius 3 is 2.46 bits per heavy atom. The molecule has 8 heteroatoms. The minimum absolute atomic E-state index is 0.00270. The number of benzene rings is 1. The first-order valence-electron chi connectivity index (χ1n) is 8.81. The molecule has 4 N–H and O–H groups in total. The third-order valence-corrected chi connectivity index (χ3v) is 5.58. The molecule has 2 aromatic rings. The molecule has 26 heavy (non-hydrogen) atoms. The molecule has 0 aliphatic carbocycles. The molecule has 1 unspecified atom stereocenters. The van der Waals surface area contributed by atoms with Crippen molar-refractivity contribution in [3.8, 4) is 0 Å². The van der Waals surface area contributed by atoms with Crippen LogP contribution in [0, 0.1) is 18.8 Å². The van der Waals surface area contributed by atoms with Crippen molar-refractivity contribution in [1.29, 1.82) is 0 Å². The van der Waals surface area contributed by atoms with Crippen LogP contribution >= 0.6 is 7.60 Å². The van der Waals surface area contributed by atoms with Crippen LogP contribution in [0.3, 0.4) is 0 Å². The fourth-order valence-corrected chi connectivity index (χ4v) is 4.01. The number of aromatic amines is 1. The Morgan fingerprint density at radius 1 is 1.27 bits per heavy atom. The minimum atomic E-state index is -4.54. The summed E-state index contributed by atoms with van der Waals surface area (Å²) in [6.45, 7) is 9.50. The number of H-pyrrole nitrogens is 1. The van der Waals surface area contributed by atoms with Gasteiger partial charge in [-0.1, -0.05) is 33.8 Å². The normalized spacial score (nSPS) is 14.8. The van der Waals surface area contributed by atoms with Gasteiger partial charge in [-0.2, -0.15) is 0 Å². The lowest BCUT2D eigenvalue weighted by Gasteiger charge is -2.25. The first-order chi connectivity index (χ1) is 12.0. The zero-order chi connectivity index (χ0) is 19.6. The number of hydrogen-bond donors (Lipinski definition) is 4. The molecule has 144 valence electrons. The monoisotopic (exact) mass is 381 g/mol. The molecule has 2 rings (SSSR count). The highest BCUT2D eigenvalue weighted by atomic mass is 31.2. The maximum atomic E-state index is 12.6. The van der Waals surface area contributed by atoms with E-state index in [0.717, 1.165) is 16.6 Å². The first-order valence-corrected chi connectivity index (χ1v) is 10.5. The molecule has 7 nitrogen and oxygen atoms in total. The Balaban J connectivity index is 2.31. The van der Waals surface area contributed by atoms with E-state index in [4.69, 9.17) is 0 Å². The van der Waals surface area contributed by atoms with Crippen molar-refractivity contribution in [3.63, 3.8) is 0 Å². The molecule has 0 spiro atoms. The quantitative estimate of drug-likeness (QED) is 0.550. The van der Waals surface area contributed by atoms with Crippen molar-refractivity contribution in [2.24, 2.45) is 11.8 Å². The van der Waals surface area contributed by atoms with Crippen molar-refractivity contribution in [3.05, 3.63) is 29.6 Å². The Kier molecular flexibility index (Phi) is 6.27. The topological polar surface area (TPSA) is 115 Å². The Hall–Kier alpha value is -1.69. The molecular weight excluding hydrogens is 353 g/mol. The minimum Gasteiger partial charge on any atom is -0.345 e. The van der Waals surface area contributed by atoms with Gasteiger partial charge in [-0.3, -0.25) is 9.36 Å². The van der Waals surface area contributed by atoms with Gasteiger partial charge in [0, 0.05) is 0 Å². The lowest BCUT2D eigenvalue weighted by atomic mass is 10.0. The number of amides is 1. The lowest BCUT2D eigenvalue weighted by Crippen LogP contribution is -2.40. The summed E-state index contributed by atoms with van der Waals surface area (Å²) in [6, 6.07) is 5.38. The van der Waals surface area contributed by atoms with Crippen LogP contribution in [-0.4, -0.2) is 31.3 Å². The van der Waals surface area contributed by atoms with Gasteiger partial charge >= 0.3 is 7.60 Å². The number of fused-ring (bicyclic) bond motifs is 1. The van der Waals surface area contributed by atoms with Crippen molar-refractivity contribution in [2.45, 2.75) is 52.7 Å². The molecule has 0 bridgehead atoms. The van der Waals surface area contributed by atoms with Crippen molar-refractivity contribution in [2.75, 3.05) is 0 Å². The standard InChI is InChI=1S/C18H28N3O4P/c1-10(2)8-15(26(23,24)25)18(22)21-16(11(3)4)17-19-13-7-6-12(5)9-14(13)20-17/h6-7,9-11,15-16H,8H2,1-5H3,(H,19,20)(H,21,22)(H2,23,24,25)/t15?,16-/m0/s1. The van der Waals surface area contributed by atoms with Crippen molar-refractivity contribution in [1.82, 2.24) is 15.3 Å². The van der Waals surface area contributed by atoms with Gasteiger partial charge in [-0.05, 0) is 42.9 Å². The number of aryl methyl sites for hydroxylation is 1. The number of hydrogen-bond acceptors (Lipinski definition) is 3. The van der Waals surface area contributed by atoms with Gasteiger partial charge in [0.15, 0.2) is 0 Å². The SMILES string of the molecule is Cc1ccc2nc([C@@H](NC(=O)C(CC(C)C)P(=O)(O)O)C(C)C)[nH]c2c1. The predicted molar refractivity (Wildman–Crippen MR) is 102 cm³/mol. The van der Waals surface area contributed by atoms with Gasteiger partial charge in [-0.25, -0.2) is 4.98 Å². The van der Waals surface area contributed by atoms with Gasteiger partial charge in [0.1, 0.15) is 11.5 Å². The third-order valence-electron chi connectivity index (χ3n) is 4.32. The lowest BCUT2D eigenvalue weighted by molar-refractivity contribution is -0.122. The van der Waals surface area contributed by atoms with Crippen LogP contribution in [0.1, 0.15) is 51.5 Å². The summed E-state index contributed by atoms with van der Waals surface area (Å²) in [5, 5.41) is 2.80. The van der Waals surface area contributed by atoms with E-state index in [1.807, 2.05) is 52.8 Å². The molecule has 0 aliphatic rings. The maximum Gasteiger partial charge on any atom is 0.337 e. The van der Waals surface area contributed by atoms with Crippen LogP contribution in [0.25, 0.3) is 11.0 Å². The fraction of sp³-hybridized carbons (Fsp3) is 0.556. The molecule has 0 fully saturated rings. The van der Waals surface area contributed by atoms with Crippen LogP contribution in [0.5, 0.6) is 0 Å². The molecule has 1 aromatic heterocycles. The molecule has 1 aromatic carbocycles. The highest BCUT2D eigenvalue weighted by Gasteiger charge is 2.37. The van der Waals surface area contributed by atoms with Gasteiger partial charge in [0.25, 0.3) is 0 Å². The van der Waals surface area contributed by atoms with Crippen molar-refractivity contribution >= 4 is 24.5 Å². The highest BCUT2D eigenvalue weighted by Crippen LogP contribution is 2.44. The zero-order valence-corrected chi connectivity index (χ0v) is 16.7. The molecule has 0 radical (unpaired) electrons. The average Bonchev–Trinajstić information content (AvgIpc) is 2.90. The van der Waals surface area contributed by atoms with Crippen LogP contribution < -0.4 is 5.32 Å². The number of imidazole rings is 1. The third kappa shape index (κ3) is 4.93. The summed E-state index contributed by atoms with van der Waals surface area (Å²) in [5.41, 5.74) is 1.40. The number of rotatable bonds is 7. The summed E-state index contributed by atoms with van der Waals surface area (Å²) in [7, 11) is -4.54. The molecule has 0 saturated carbocycles. The van der Waals surface area contributed by atoms with Crippen LogP contribution in [0.4, 0.5) is 0 Å².